The quantitative estimate of drug-likeness (QED) is 0.888. The zero-order valence-electron chi connectivity index (χ0n) is 12.6. The fourth-order valence-corrected chi connectivity index (χ4v) is 3.99. The molecule has 0 spiro atoms. The first-order valence-corrected chi connectivity index (χ1v) is 9.10. The van der Waals surface area contributed by atoms with Crippen LogP contribution < -0.4 is 10.6 Å². The van der Waals surface area contributed by atoms with E-state index in [-0.39, 0.29) is 36.5 Å². The number of nitrogens with two attached hydrogens (primary N) is 1. The number of nitrogens with zero attached hydrogens (tertiary/aromatic N) is 1. The molecule has 2 N–H and O–H groups in total. The van der Waals surface area contributed by atoms with Gasteiger partial charge in [-0.1, -0.05) is 6.08 Å². The largest absolute Gasteiger partial charge is 0.443 e. The molecular weight excluding hydrogens is 342 g/mol. The first-order chi connectivity index (χ1) is 11.3. The number of allylic oxidation sites excluding steroid dienone is 1. The number of carbonyl (C=O) groups excluding carboxylic acids is 1. The van der Waals surface area contributed by atoms with E-state index in [1.165, 1.54) is 6.08 Å². The second-order valence-corrected chi connectivity index (χ2v) is 7.77. The molecule has 9 heteroatoms. The van der Waals surface area contributed by atoms with E-state index >= 15 is 0 Å². The smallest absolute Gasteiger partial charge is 0.414 e. The average molecular weight is 358 g/mol. The minimum atomic E-state index is -3.29. The zero-order chi connectivity index (χ0) is 17.5. The third-order valence-corrected chi connectivity index (χ3v) is 5.49. The number of hydrogen-bond acceptors (Lipinski definition) is 5. The van der Waals surface area contributed by atoms with Gasteiger partial charge in [-0.05, 0) is 18.6 Å². The molecule has 0 bridgehead atoms. The van der Waals surface area contributed by atoms with Crippen LogP contribution in [0.1, 0.15) is 17.9 Å². The lowest BCUT2D eigenvalue weighted by Gasteiger charge is -2.20. The number of halogens is 2. The van der Waals surface area contributed by atoms with Crippen molar-refractivity contribution in [3.63, 3.8) is 0 Å². The fraction of sp³-hybridized carbons (Fsp3) is 0.400. The summed E-state index contributed by atoms with van der Waals surface area (Å²) in [6, 6.07) is 2.10. The maximum atomic E-state index is 14.4. The van der Waals surface area contributed by atoms with E-state index in [0.717, 1.165) is 22.4 Å². The van der Waals surface area contributed by atoms with E-state index < -0.39 is 39.6 Å². The van der Waals surface area contributed by atoms with Crippen molar-refractivity contribution in [3.8, 4) is 0 Å². The Kier molecular flexibility index (Phi) is 4.31. The zero-order valence-corrected chi connectivity index (χ0v) is 13.4. The van der Waals surface area contributed by atoms with Gasteiger partial charge >= 0.3 is 6.09 Å². The van der Waals surface area contributed by atoms with Crippen LogP contribution in [0.3, 0.4) is 0 Å². The Labute approximate surface area is 137 Å². The molecule has 24 heavy (non-hydrogen) atoms. The van der Waals surface area contributed by atoms with Crippen molar-refractivity contribution in [1.82, 2.24) is 0 Å². The molecule has 1 unspecified atom stereocenters. The normalized spacial score (nSPS) is 25.8. The first-order valence-electron chi connectivity index (χ1n) is 7.39. The van der Waals surface area contributed by atoms with E-state index in [1.807, 2.05) is 0 Å². The number of ether oxygens (including phenoxy) is 1. The number of cyclic esters (lactones) is 1. The van der Waals surface area contributed by atoms with Gasteiger partial charge in [0, 0.05) is 23.4 Å². The summed E-state index contributed by atoms with van der Waals surface area (Å²) in [7, 11) is -3.29. The Hall–Kier alpha value is -2.00. The van der Waals surface area contributed by atoms with E-state index in [0.29, 0.717) is 0 Å². The summed E-state index contributed by atoms with van der Waals surface area (Å²) in [6.07, 6.45) is 0.164. The highest BCUT2D eigenvalue weighted by Gasteiger charge is 2.33. The van der Waals surface area contributed by atoms with Gasteiger partial charge < -0.3 is 10.5 Å². The summed E-state index contributed by atoms with van der Waals surface area (Å²) in [5, 5.41) is 0.984. The topological polar surface area (TPSA) is 89.7 Å². The van der Waals surface area contributed by atoms with Gasteiger partial charge in [0.25, 0.3) is 0 Å². The summed E-state index contributed by atoms with van der Waals surface area (Å²) in [5.74, 6) is -2.48. The Morgan fingerprint density at radius 1 is 1.29 bits per heavy atom. The van der Waals surface area contributed by atoms with Gasteiger partial charge in [-0.25, -0.2) is 22.0 Å². The minimum Gasteiger partial charge on any atom is -0.443 e. The molecule has 2 atom stereocenters. The molecular formula is C15H16F2N2O4S. The van der Waals surface area contributed by atoms with E-state index in [4.69, 9.17) is 10.5 Å². The number of amides is 1. The van der Waals surface area contributed by atoms with Crippen LogP contribution in [0, 0.1) is 11.6 Å². The number of anilines is 1. The van der Waals surface area contributed by atoms with E-state index in [2.05, 4.69) is 0 Å². The second-order valence-electron chi connectivity index (χ2n) is 5.77. The van der Waals surface area contributed by atoms with E-state index in [9.17, 15) is 22.0 Å². The summed E-state index contributed by atoms with van der Waals surface area (Å²) >= 11 is 0. The van der Waals surface area contributed by atoms with Gasteiger partial charge in [-0.3, -0.25) is 4.90 Å². The van der Waals surface area contributed by atoms with Gasteiger partial charge in [0.1, 0.15) is 17.7 Å². The monoisotopic (exact) mass is 358 g/mol. The van der Waals surface area contributed by atoms with Crippen LogP contribution in [0.2, 0.25) is 0 Å². The minimum absolute atomic E-state index is 0.0436. The van der Waals surface area contributed by atoms with Crippen molar-refractivity contribution >= 4 is 21.6 Å². The molecule has 1 fully saturated rings. The van der Waals surface area contributed by atoms with Crippen molar-refractivity contribution in [2.75, 3.05) is 23.7 Å². The molecule has 1 aromatic rings. The molecule has 0 aliphatic carbocycles. The highest BCUT2D eigenvalue weighted by molar-refractivity contribution is 7.94. The van der Waals surface area contributed by atoms with Crippen molar-refractivity contribution in [1.29, 1.82) is 0 Å². The van der Waals surface area contributed by atoms with Crippen LogP contribution in [-0.2, 0) is 14.6 Å². The van der Waals surface area contributed by atoms with Crippen LogP contribution in [0.25, 0.3) is 0 Å². The van der Waals surface area contributed by atoms with Crippen molar-refractivity contribution in [3.05, 3.63) is 40.8 Å². The number of rotatable bonds is 3. The molecule has 3 rings (SSSR count). The number of sulfone groups is 1. The molecule has 130 valence electrons. The molecule has 6 nitrogen and oxygen atoms in total. The highest BCUT2D eigenvalue weighted by Crippen LogP contribution is 2.34. The third kappa shape index (κ3) is 3.13. The van der Waals surface area contributed by atoms with Crippen LogP contribution in [0.5, 0.6) is 0 Å². The SMILES string of the molecule is NC[C@H]1CN(c2cc(F)c(C3C=CS(=O)(=O)CC3)c(F)c2)C(=O)O1. The van der Waals surface area contributed by atoms with Gasteiger partial charge in [-0.2, -0.15) is 0 Å². The third-order valence-electron chi connectivity index (χ3n) is 4.11. The van der Waals surface area contributed by atoms with Gasteiger partial charge in [-0.15, -0.1) is 0 Å². The maximum absolute atomic E-state index is 14.4. The summed E-state index contributed by atoms with van der Waals surface area (Å²) in [5.41, 5.74) is 5.27. The molecule has 1 amide bonds. The number of hydrogen-bond donors (Lipinski definition) is 1. The number of carbonyl (C=O) groups is 1. The highest BCUT2D eigenvalue weighted by atomic mass is 32.2. The lowest BCUT2D eigenvalue weighted by Crippen LogP contribution is -2.27. The average Bonchev–Trinajstić information content (AvgIpc) is 2.89. The molecule has 2 heterocycles. The van der Waals surface area contributed by atoms with Crippen molar-refractivity contribution in [2.45, 2.75) is 18.4 Å². The predicted molar refractivity (Wildman–Crippen MR) is 83.3 cm³/mol. The maximum Gasteiger partial charge on any atom is 0.414 e. The first kappa shape index (κ1) is 16.8. The predicted octanol–water partition coefficient (Wildman–Crippen LogP) is 1.66. The van der Waals surface area contributed by atoms with Crippen LogP contribution >= 0.6 is 0 Å². The lowest BCUT2D eigenvalue weighted by molar-refractivity contribution is 0.145. The Morgan fingerprint density at radius 2 is 1.96 bits per heavy atom. The second kappa shape index (κ2) is 6.14. The van der Waals surface area contributed by atoms with Crippen molar-refractivity contribution < 1.29 is 26.7 Å². The molecule has 2 aliphatic rings. The summed E-state index contributed by atoms with van der Waals surface area (Å²) in [4.78, 5) is 12.9. The van der Waals surface area contributed by atoms with E-state index in [1.54, 1.807) is 0 Å². The van der Waals surface area contributed by atoms with Gasteiger partial charge in [0.2, 0.25) is 0 Å². The van der Waals surface area contributed by atoms with Crippen LogP contribution in [-0.4, -0.2) is 39.5 Å². The number of benzene rings is 1. The van der Waals surface area contributed by atoms with Gasteiger partial charge in [0.15, 0.2) is 9.84 Å². The molecule has 1 saturated heterocycles. The Balaban J connectivity index is 1.91. The Bertz CT molecular complexity index is 787. The molecule has 2 aliphatic heterocycles. The summed E-state index contributed by atoms with van der Waals surface area (Å²) in [6.45, 7) is 0.238. The van der Waals surface area contributed by atoms with Gasteiger partial charge in [0.05, 0.1) is 18.0 Å². The lowest BCUT2D eigenvalue weighted by atomic mass is 9.95. The molecule has 0 radical (unpaired) electrons. The van der Waals surface area contributed by atoms with Crippen LogP contribution in [0.4, 0.5) is 19.3 Å². The Morgan fingerprint density at radius 3 is 2.46 bits per heavy atom. The fourth-order valence-electron chi connectivity index (χ4n) is 2.85. The molecule has 1 aromatic carbocycles. The summed E-state index contributed by atoms with van der Waals surface area (Å²) < 4.78 is 56.6. The van der Waals surface area contributed by atoms with Crippen LogP contribution in [0.15, 0.2) is 23.6 Å². The molecule has 0 aromatic heterocycles. The van der Waals surface area contributed by atoms with Crippen molar-refractivity contribution in [2.24, 2.45) is 5.73 Å². The molecule has 0 saturated carbocycles. The standard InChI is InChI=1S/C15H16F2N2O4S/c16-12-5-10(19-8-11(7-18)23-15(19)20)6-13(17)14(12)9-1-3-24(21,22)4-2-9/h1,3,5-6,9,11H,2,4,7-8,18H2/t9?,11-/m0/s1.